The predicted molar refractivity (Wildman–Crippen MR) is 69.7 cm³/mol. The molecule has 0 radical (unpaired) electrons. The van der Waals surface area contributed by atoms with Crippen LogP contribution in [0.15, 0.2) is 42.5 Å². The van der Waals surface area contributed by atoms with Crippen molar-refractivity contribution in [2.75, 3.05) is 0 Å². The van der Waals surface area contributed by atoms with Crippen molar-refractivity contribution in [3.63, 3.8) is 0 Å². The first-order chi connectivity index (χ1) is 8.74. The zero-order valence-corrected chi connectivity index (χ0v) is 10.1. The van der Waals surface area contributed by atoms with Gasteiger partial charge in [0.05, 0.1) is 6.10 Å². The highest BCUT2D eigenvalue weighted by atomic mass is 19.1. The normalized spacial score (nSPS) is 18.4. The molecular formula is C16H15FO. The molecule has 0 fully saturated rings. The van der Waals surface area contributed by atoms with Gasteiger partial charge in [0, 0.05) is 0 Å². The lowest BCUT2D eigenvalue weighted by atomic mass is 9.87. The second kappa shape index (κ2) is 4.54. The van der Waals surface area contributed by atoms with Gasteiger partial charge in [0.25, 0.3) is 0 Å². The lowest BCUT2D eigenvalue weighted by molar-refractivity contribution is 0.156. The van der Waals surface area contributed by atoms with Gasteiger partial charge in [-0.15, -0.1) is 0 Å². The molecule has 0 bridgehead atoms. The highest BCUT2D eigenvalue weighted by Crippen LogP contribution is 2.32. The maximum atomic E-state index is 12.9. The number of halogens is 1. The summed E-state index contributed by atoms with van der Waals surface area (Å²) in [5.41, 5.74) is 4.37. The molecule has 18 heavy (non-hydrogen) atoms. The van der Waals surface area contributed by atoms with E-state index in [1.807, 2.05) is 12.1 Å². The molecule has 2 aromatic carbocycles. The average molecular weight is 242 g/mol. The highest BCUT2D eigenvalue weighted by molar-refractivity contribution is 5.65. The number of hydrogen-bond acceptors (Lipinski definition) is 1. The Morgan fingerprint density at radius 3 is 2.50 bits per heavy atom. The molecule has 0 spiro atoms. The van der Waals surface area contributed by atoms with E-state index in [-0.39, 0.29) is 11.9 Å². The van der Waals surface area contributed by atoms with Crippen LogP contribution in [0.3, 0.4) is 0 Å². The summed E-state index contributed by atoms with van der Waals surface area (Å²) < 4.78 is 12.9. The molecule has 0 saturated carbocycles. The summed E-state index contributed by atoms with van der Waals surface area (Å²) in [5.74, 6) is -0.216. The van der Waals surface area contributed by atoms with Crippen LogP contribution in [0.5, 0.6) is 0 Å². The Hall–Kier alpha value is -1.67. The molecule has 3 rings (SSSR count). The van der Waals surface area contributed by atoms with E-state index in [9.17, 15) is 9.50 Å². The fourth-order valence-corrected chi connectivity index (χ4v) is 2.61. The second-order valence-corrected chi connectivity index (χ2v) is 4.83. The molecule has 0 saturated heterocycles. The minimum absolute atomic E-state index is 0.216. The van der Waals surface area contributed by atoms with Crippen molar-refractivity contribution in [3.05, 3.63) is 59.4 Å². The molecule has 0 amide bonds. The summed E-state index contributed by atoms with van der Waals surface area (Å²) in [6, 6.07) is 12.6. The third-order valence-electron chi connectivity index (χ3n) is 3.60. The number of benzene rings is 2. The number of fused-ring (bicyclic) bond motifs is 1. The van der Waals surface area contributed by atoms with E-state index < -0.39 is 0 Å². The van der Waals surface area contributed by atoms with Crippen LogP contribution in [0.2, 0.25) is 0 Å². The van der Waals surface area contributed by atoms with Gasteiger partial charge >= 0.3 is 0 Å². The van der Waals surface area contributed by atoms with Crippen molar-refractivity contribution in [3.8, 4) is 11.1 Å². The van der Waals surface area contributed by atoms with Gasteiger partial charge in [0.1, 0.15) is 5.82 Å². The molecule has 1 atom stereocenters. The zero-order valence-electron chi connectivity index (χ0n) is 10.1. The maximum absolute atomic E-state index is 12.9. The quantitative estimate of drug-likeness (QED) is 0.805. The maximum Gasteiger partial charge on any atom is 0.123 e. The van der Waals surface area contributed by atoms with E-state index in [0.717, 1.165) is 36.0 Å². The molecule has 1 unspecified atom stereocenters. The van der Waals surface area contributed by atoms with Crippen molar-refractivity contribution in [1.29, 1.82) is 0 Å². The number of rotatable bonds is 1. The second-order valence-electron chi connectivity index (χ2n) is 4.83. The van der Waals surface area contributed by atoms with Crippen LogP contribution in [-0.2, 0) is 6.42 Å². The number of hydrogen-bond donors (Lipinski definition) is 1. The Balaban J connectivity index is 2.01. The summed E-state index contributed by atoms with van der Waals surface area (Å²) in [6.45, 7) is 0. The van der Waals surface area contributed by atoms with E-state index in [0.29, 0.717) is 0 Å². The van der Waals surface area contributed by atoms with Crippen molar-refractivity contribution in [2.24, 2.45) is 0 Å². The van der Waals surface area contributed by atoms with Crippen LogP contribution in [0, 0.1) is 5.82 Å². The first-order valence-corrected chi connectivity index (χ1v) is 6.31. The lowest BCUT2D eigenvalue weighted by Crippen LogP contribution is -2.08. The monoisotopic (exact) mass is 242 g/mol. The molecule has 1 N–H and O–H groups in total. The molecule has 2 heteroatoms. The Bertz CT molecular complexity index is 560. The molecule has 1 aliphatic carbocycles. The largest absolute Gasteiger partial charge is 0.388 e. The molecule has 0 aliphatic heterocycles. The van der Waals surface area contributed by atoms with E-state index in [4.69, 9.17) is 0 Å². The Morgan fingerprint density at radius 1 is 1.00 bits per heavy atom. The van der Waals surface area contributed by atoms with Gasteiger partial charge in [-0.1, -0.05) is 30.3 Å². The summed E-state index contributed by atoms with van der Waals surface area (Å²) >= 11 is 0. The fraction of sp³-hybridized carbons (Fsp3) is 0.250. The molecule has 1 nitrogen and oxygen atoms in total. The van der Waals surface area contributed by atoms with Crippen LogP contribution < -0.4 is 0 Å². The molecule has 0 aromatic heterocycles. The van der Waals surface area contributed by atoms with E-state index in [1.165, 1.54) is 17.7 Å². The van der Waals surface area contributed by atoms with Gasteiger partial charge in [-0.05, 0) is 53.6 Å². The zero-order chi connectivity index (χ0) is 12.5. The number of aliphatic hydroxyl groups is 1. The average Bonchev–Trinajstić information content (AvgIpc) is 2.39. The third kappa shape index (κ3) is 2.04. The van der Waals surface area contributed by atoms with Gasteiger partial charge in [-0.2, -0.15) is 0 Å². The Labute approximate surface area is 106 Å². The van der Waals surface area contributed by atoms with Crippen molar-refractivity contribution < 1.29 is 9.50 Å². The van der Waals surface area contributed by atoms with Crippen LogP contribution >= 0.6 is 0 Å². The molecule has 1 aliphatic rings. The molecule has 0 heterocycles. The number of aryl methyl sites for hydroxylation is 1. The number of aliphatic hydroxyl groups excluding tert-OH is 1. The Kier molecular flexibility index (Phi) is 2.88. The van der Waals surface area contributed by atoms with Crippen LogP contribution in [0.4, 0.5) is 4.39 Å². The van der Waals surface area contributed by atoms with Crippen molar-refractivity contribution in [1.82, 2.24) is 0 Å². The summed E-state index contributed by atoms with van der Waals surface area (Å²) in [5, 5.41) is 9.91. The van der Waals surface area contributed by atoms with Crippen LogP contribution in [0.1, 0.15) is 30.1 Å². The summed E-state index contributed by atoms with van der Waals surface area (Å²) in [4.78, 5) is 0. The minimum Gasteiger partial charge on any atom is -0.388 e. The van der Waals surface area contributed by atoms with Gasteiger partial charge in [-0.25, -0.2) is 4.39 Å². The van der Waals surface area contributed by atoms with Crippen LogP contribution in [0.25, 0.3) is 11.1 Å². The minimum atomic E-state index is -0.323. The lowest BCUT2D eigenvalue weighted by Gasteiger charge is -2.21. The van der Waals surface area contributed by atoms with Crippen molar-refractivity contribution >= 4 is 0 Å². The highest BCUT2D eigenvalue weighted by Gasteiger charge is 2.17. The summed E-state index contributed by atoms with van der Waals surface area (Å²) in [7, 11) is 0. The molecule has 2 aromatic rings. The Morgan fingerprint density at radius 2 is 1.72 bits per heavy atom. The van der Waals surface area contributed by atoms with Gasteiger partial charge in [-0.3, -0.25) is 0 Å². The van der Waals surface area contributed by atoms with E-state index >= 15 is 0 Å². The topological polar surface area (TPSA) is 20.2 Å². The van der Waals surface area contributed by atoms with Gasteiger partial charge < -0.3 is 5.11 Å². The molecular weight excluding hydrogens is 227 g/mol. The van der Waals surface area contributed by atoms with Crippen molar-refractivity contribution in [2.45, 2.75) is 25.4 Å². The first-order valence-electron chi connectivity index (χ1n) is 6.31. The van der Waals surface area contributed by atoms with Gasteiger partial charge in [0.15, 0.2) is 0 Å². The van der Waals surface area contributed by atoms with Gasteiger partial charge in [0.2, 0.25) is 0 Å². The smallest absolute Gasteiger partial charge is 0.123 e. The summed E-state index contributed by atoms with van der Waals surface area (Å²) in [6.07, 6.45) is 2.57. The van der Waals surface area contributed by atoms with E-state index in [2.05, 4.69) is 6.07 Å². The predicted octanol–water partition coefficient (Wildman–Crippen LogP) is 3.86. The van der Waals surface area contributed by atoms with E-state index in [1.54, 1.807) is 12.1 Å². The standard InChI is InChI=1S/C16H15FO/c17-14-7-4-11(5-8-14)12-6-9-15-13(10-12)2-1-3-16(15)18/h4-10,16,18H,1-3H2. The molecule has 92 valence electrons. The fourth-order valence-electron chi connectivity index (χ4n) is 2.61. The third-order valence-corrected chi connectivity index (χ3v) is 3.60. The SMILES string of the molecule is OC1CCCc2cc(-c3ccc(F)cc3)ccc21. The first kappa shape index (κ1) is 11.4. The van der Waals surface area contributed by atoms with Crippen LogP contribution in [-0.4, -0.2) is 5.11 Å².